The first-order valence-corrected chi connectivity index (χ1v) is 8.74. The van der Waals surface area contributed by atoms with Crippen molar-refractivity contribution < 1.29 is 14.3 Å². The Morgan fingerprint density at radius 2 is 1.88 bits per heavy atom. The van der Waals surface area contributed by atoms with Gasteiger partial charge < -0.3 is 14.8 Å². The molecule has 0 bridgehead atoms. The molecule has 0 amide bonds. The van der Waals surface area contributed by atoms with Gasteiger partial charge in [0.15, 0.2) is 0 Å². The highest BCUT2D eigenvalue weighted by Crippen LogP contribution is 2.30. The van der Waals surface area contributed by atoms with Crippen molar-refractivity contribution in [2.24, 2.45) is 0 Å². The van der Waals surface area contributed by atoms with Crippen molar-refractivity contribution in [2.45, 2.75) is 20.8 Å². The van der Waals surface area contributed by atoms with Crippen molar-refractivity contribution in [3.63, 3.8) is 0 Å². The minimum atomic E-state index is -0.298. The summed E-state index contributed by atoms with van der Waals surface area (Å²) in [5, 5.41) is 3.19. The second kappa shape index (κ2) is 7.91. The van der Waals surface area contributed by atoms with E-state index in [4.69, 9.17) is 14.5 Å². The fourth-order valence-electron chi connectivity index (χ4n) is 2.86. The predicted molar refractivity (Wildman–Crippen MR) is 102 cm³/mol. The van der Waals surface area contributed by atoms with Crippen LogP contribution in [0.15, 0.2) is 42.5 Å². The van der Waals surface area contributed by atoms with E-state index in [0.717, 1.165) is 34.2 Å². The molecule has 3 rings (SSSR count). The van der Waals surface area contributed by atoms with Crippen LogP contribution < -0.4 is 10.1 Å². The molecule has 0 saturated heterocycles. The molecule has 136 valence electrons. The molecule has 3 aromatic rings. The zero-order valence-electron chi connectivity index (χ0n) is 15.3. The Balaban J connectivity index is 2.01. The predicted octanol–water partition coefficient (Wildman–Crippen LogP) is 3.68. The summed E-state index contributed by atoms with van der Waals surface area (Å²) in [4.78, 5) is 16.5. The summed E-state index contributed by atoms with van der Waals surface area (Å²) in [6, 6.07) is 13.7. The second-order valence-electron chi connectivity index (χ2n) is 5.79. The van der Waals surface area contributed by atoms with Gasteiger partial charge in [0.05, 0.1) is 13.2 Å². The van der Waals surface area contributed by atoms with Crippen molar-refractivity contribution in [3.8, 4) is 17.0 Å². The number of fused-ring (bicyclic) bond motifs is 1. The van der Waals surface area contributed by atoms with Crippen LogP contribution in [0.1, 0.15) is 19.5 Å². The van der Waals surface area contributed by atoms with E-state index in [2.05, 4.69) is 5.32 Å². The zero-order chi connectivity index (χ0) is 18.5. The van der Waals surface area contributed by atoms with Gasteiger partial charge in [0.1, 0.15) is 29.5 Å². The first-order chi connectivity index (χ1) is 12.6. The van der Waals surface area contributed by atoms with Crippen LogP contribution in [-0.2, 0) is 9.53 Å². The third-order valence-electron chi connectivity index (χ3n) is 3.98. The number of carbonyl (C=O) groups excluding carboxylic acids is 1. The molecule has 0 atom stereocenters. The Bertz CT molecular complexity index is 901. The Morgan fingerprint density at radius 1 is 1.12 bits per heavy atom. The van der Waals surface area contributed by atoms with Crippen LogP contribution in [0, 0.1) is 6.92 Å². The summed E-state index contributed by atoms with van der Waals surface area (Å²) in [6.07, 6.45) is 0. The Kier molecular flexibility index (Phi) is 5.41. The number of anilines is 1. The maximum absolute atomic E-state index is 11.8. The molecule has 0 spiro atoms. The van der Waals surface area contributed by atoms with E-state index in [0.29, 0.717) is 13.2 Å². The summed E-state index contributed by atoms with van der Waals surface area (Å²) in [6.45, 7) is 6.82. The van der Waals surface area contributed by atoms with E-state index < -0.39 is 0 Å². The number of benzene rings is 1. The average molecular weight is 353 g/mol. The standard InChI is InChI=1S/C20H23N3O3/c1-4-25-16-11-9-15(10-12-16)19-20(21-13-18(24)26-5-2)23-14(3)7-6-8-17(23)22-19/h6-12,21H,4-5,13H2,1-3H3. The number of rotatable bonds is 7. The van der Waals surface area contributed by atoms with Crippen LogP contribution in [0.3, 0.4) is 0 Å². The van der Waals surface area contributed by atoms with Crippen molar-refractivity contribution >= 4 is 17.4 Å². The number of hydrogen-bond donors (Lipinski definition) is 1. The van der Waals surface area contributed by atoms with Crippen LogP contribution in [0.5, 0.6) is 5.75 Å². The van der Waals surface area contributed by atoms with Gasteiger partial charge >= 0.3 is 5.97 Å². The van der Waals surface area contributed by atoms with Gasteiger partial charge in [0.2, 0.25) is 0 Å². The number of ether oxygens (including phenoxy) is 2. The number of esters is 1. The molecule has 1 aromatic carbocycles. The number of aryl methyl sites for hydroxylation is 1. The second-order valence-corrected chi connectivity index (χ2v) is 5.79. The monoisotopic (exact) mass is 353 g/mol. The van der Waals surface area contributed by atoms with E-state index in [9.17, 15) is 4.79 Å². The Labute approximate surface area is 152 Å². The molecule has 0 aliphatic carbocycles. The van der Waals surface area contributed by atoms with E-state index in [1.165, 1.54) is 0 Å². The normalized spacial score (nSPS) is 10.7. The summed E-state index contributed by atoms with van der Waals surface area (Å²) >= 11 is 0. The minimum Gasteiger partial charge on any atom is -0.494 e. The molecule has 2 aromatic heterocycles. The molecule has 6 nitrogen and oxygen atoms in total. The molecular formula is C20H23N3O3. The fourth-order valence-corrected chi connectivity index (χ4v) is 2.86. The van der Waals surface area contributed by atoms with Gasteiger partial charge in [-0.05, 0) is 57.2 Å². The van der Waals surface area contributed by atoms with Crippen LogP contribution in [0.2, 0.25) is 0 Å². The van der Waals surface area contributed by atoms with Crippen LogP contribution in [0.4, 0.5) is 5.82 Å². The van der Waals surface area contributed by atoms with Crippen molar-refractivity contribution in [2.75, 3.05) is 25.1 Å². The number of carbonyl (C=O) groups is 1. The van der Waals surface area contributed by atoms with Gasteiger partial charge in [0.25, 0.3) is 0 Å². The molecule has 0 fully saturated rings. The summed E-state index contributed by atoms with van der Waals surface area (Å²) < 4.78 is 12.5. The molecule has 0 radical (unpaired) electrons. The number of nitrogens with one attached hydrogen (secondary N) is 1. The lowest BCUT2D eigenvalue weighted by molar-refractivity contribution is -0.140. The molecule has 1 N–H and O–H groups in total. The Hall–Kier alpha value is -3.02. The van der Waals surface area contributed by atoms with Gasteiger partial charge in [-0.2, -0.15) is 0 Å². The van der Waals surface area contributed by atoms with Crippen LogP contribution in [-0.4, -0.2) is 35.1 Å². The average Bonchev–Trinajstić information content (AvgIpc) is 3.01. The quantitative estimate of drug-likeness (QED) is 0.656. The highest BCUT2D eigenvalue weighted by molar-refractivity contribution is 5.81. The number of aromatic nitrogens is 2. The lowest BCUT2D eigenvalue weighted by Gasteiger charge is -2.10. The lowest BCUT2D eigenvalue weighted by atomic mass is 10.1. The molecular weight excluding hydrogens is 330 g/mol. The van der Waals surface area contributed by atoms with Gasteiger partial charge in [-0.3, -0.25) is 9.20 Å². The largest absolute Gasteiger partial charge is 0.494 e. The molecule has 6 heteroatoms. The molecule has 26 heavy (non-hydrogen) atoms. The van der Waals surface area contributed by atoms with Gasteiger partial charge in [0, 0.05) is 11.3 Å². The van der Waals surface area contributed by atoms with Gasteiger partial charge in [-0.25, -0.2) is 4.98 Å². The van der Waals surface area contributed by atoms with E-state index >= 15 is 0 Å². The maximum atomic E-state index is 11.8. The molecule has 0 saturated carbocycles. The fraction of sp³-hybridized carbons (Fsp3) is 0.300. The van der Waals surface area contributed by atoms with E-state index in [-0.39, 0.29) is 12.5 Å². The van der Waals surface area contributed by atoms with Crippen LogP contribution in [0.25, 0.3) is 16.9 Å². The minimum absolute atomic E-state index is 0.0833. The molecule has 0 aliphatic heterocycles. The summed E-state index contributed by atoms with van der Waals surface area (Å²) in [5.74, 6) is 1.29. The third kappa shape index (κ3) is 3.64. The first-order valence-electron chi connectivity index (χ1n) is 8.74. The topological polar surface area (TPSA) is 64.9 Å². The first kappa shape index (κ1) is 17.8. The summed E-state index contributed by atoms with van der Waals surface area (Å²) in [5.41, 5.74) is 3.58. The zero-order valence-corrected chi connectivity index (χ0v) is 15.3. The van der Waals surface area contributed by atoms with Crippen molar-refractivity contribution in [1.29, 1.82) is 0 Å². The van der Waals surface area contributed by atoms with Crippen LogP contribution >= 0.6 is 0 Å². The number of nitrogens with zero attached hydrogens (tertiary/aromatic N) is 2. The van der Waals surface area contributed by atoms with E-state index in [1.54, 1.807) is 6.92 Å². The highest BCUT2D eigenvalue weighted by Gasteiger charge is 2.16. The molecule has 2 heterocycles. The number of pyridine rings is 1. The third-order valence-corrected chi connectivity index (χ3v) is 3.98. The lowest BCUT2D eigenvalue weighted by Crippen LogP contribution is -2.18. The number of hydrogen-bond acceptors (Lipinski definition) is 5. The number of imidazole rings is 1. The van der Waals surface area contributed by atoms with Gasteiger partial charge in [-0.1, -0.05) is 6.07 Å². The SMILES string of the molecule is CCOC(=O)CNc1c(-c2ccc(OCC)cc2)nc2cccc(C)n12. The molecule has 0 aliphatic rings. The Morgan fingerprint density at radius 3 is 2.58 bits per heavy atom. The highest BCUT2D eigenvalue weighted by atomic mass is 16.5. The van der Waals surface area contributed by atoms with Crippen molar-refractivity contribution in [1.82, 2.24) is 9.38 Å². The maximum Gasteiger partial charge on any atom is 0.325 e. The summed E-state index contributed by atoms with van der Waals surface area (Å²) in [7, 11) is 0. The van der Waals surface area contributed by atoms with E-state index in [1.807, 2.05) is 60.7 Å². The smallest absolute Gasteiger partial charge is 0.325 e. The van der Waals surface area contributed by atoms with Gasteiger partial charge in [-0.15, -0.1) is 0 Å². The van der Waals surface area contributed by atoms with Crippen molar-refractivity contribution in [3.05, 3.63) is 48.2 Å². The molecule has 0 unspecified atom stereocenters.